The van der Waals surface area contributed by atoms with Gasteiger partial charge in [-0.15, -0.1) is 0 Å². The van der Waals surface area contributed by atoms with Crippen LogP contribution in [-0.2, 0) is 10.2 Å². The fourth-order valence-corrected chi connectivity index (χ4v) is 3.39. The molecule has 0 heterocycles. The summed E-state index contributed by atoms with van der Waals surface area (Å²) in [5, 5.41) is 0. The van der Waals surface area contributed by atoms with Crippen molar-refractivity contribution >= 4 is 10.2 Å². The molecule has 0 aliphatic heterocycles. The first-order chi connectivity index (χ1) is 9.98. The number of benzene rings is 2. The molecular weight excluding hydrogens is 284 g/mol. The van der Waals surface area contributed by atoms with Gasteiger partial charge in [-0.05, 0) is 25.0 Å². The zero-order chi connectivity index (χ0) is 15.3. The lowest BCUT2D eigenvalue weighted by Crippen LogP contribution is -2.39. The van der Waals surface area contributed by atoms with Crippen molar-refractivity contribution in [2.24, 2.45) is 0 Å². The van der Waals surface area contributed by atoms with E-state index in [0.717, 1.165) is 11.1 Å². The van der Waals surface area contributed by atoms with Gasteiger partial charge in [0.05, 0.1) is 0 Å². The van der Waals surface area contributed by atoms with E-state index in [1.165, 1.54) is 0 Å². The van der Waals surface area contributed by atoms with Crippen LogP contribution in [0, 0.1) is 0 Å². The van der Waals surface area contributed by atoms with Crippen molar-refractivity contribution < 1.29 is 8.42 Å². The molecule has 0 aliphatic rings. The first-order valence-corrected chi connectivity index (χ1v) is 8.36. The number of hydrogen-bond donors (Lipinski definition) is 2. The van der Waals surface area contributed by atoms with Gasteiger partial charge >= 0.3 is 0 Å². The molecule has 4 nitrogen and oxygen atoms in total. The van der Waals surface area contributed by atoms with Gasteiger partial charge in [-0.3, -0.25) is 0 Å². The molecule has 2 atom stereocenters. The fourth-order valence-electron chi connectivity index (χ4n) is 2.12. The smallest absolute Gasteiger partial charge is 0.195 e. The van der Waals surface area contributed by atoms with E-state index in [9.17, 15) is 8.42 Å². The van der Waals surface area contributed by atoms with Crippen molar-refractivity contribution in [3.63, 3.8) is 0 Å². The van der Waals surface area contributed by atoms with Gasteiger partial charge in [0, 0.05) is 12.1 Å². The van der Waals surface area contributed by atoms with Gasteiger partial charge < -0.3 is 0 Å². The van der Waals surface area contributed by atoms with E-state index < -0.39 is 10.2 Å². The molecule has 0 aliphatic carbocycles. The summed E-state index contributed by atoms with van der Waals surface area (Å²) in [6, 6.07) is 18.4. The average molecular weight is 304 g/mol. The minimum Gasteiger partial charge on any atom is -0.195 e. The van der Waals surface area contributed by atoms with E-state index in [0.29, 0.717) is 0 Å². The van der Waals surface area contributed by atoms with E-state index in [-0.39, 0.29) is 12.1 Å². The second-order valence-corrected chi connectivity index (χ2v) is 6.48. The summed E-state index contributed by atoms with van der Waals surface area (Å²) in [6.07, 6.45) is 0. The number of rotatable bonds is 6. The summed E-state index contributed by atoms with van der Waals surface area (Å²) in [4.78, 5) is 0. The molecule has 2 aromatic carbocycles. The van der Waals surface area contributed by atoms with Crippen molar-refractivity contribution in [3.8, 4) is 0 Å². The average Bonchev–Trinajstić information content (AvgIpc) is 2.48. The topological polar surface area (TPSA) is 58.2 Å². The molecule has 0 fully saturated rings. The van der Waals surface area contributed by atoms with Gasteiger partial charge in [0.25, 0.3) is 10.2 Å². The molecule has 5 heteroatoms. The van der Waals surface area contributed by atoms with Crippen molar-refractivity contribution in [3.05, 3.63) is 71.8 Å². The van der Waals surface area contributed by atoms with Crippen LogP contribution >= 0.6 is 0 Å². The highest BCUT2D eigenvalue weighted by Crippen LogP contribution is 2.15. The standard InChI is InChI=1S/C16H20N2O2S/c1-13(15-9-5-3-6-10-15)17-21(19,20)18-14(2)16-11-7-4-8-12-16/h3-14,17-18H,1-2H3/t13-,14-/m1/s1. The van der Waals surface area contributed by atoms with Crippen LogP contribution < -0.4 is 9.44 Å². The Morgan fingerprint density at radius 1 is 0.714 bits per heavy atom. The summed E-state index contributed by atoms with van der Waals surface area (Å²) in [6.45, 7) is 3.64. The van der Waals surface area contributed by atoms with E-state index >= 15 is 0 Å². The van der Waals surface area contributed by atoms with Gasteiger partial charge in [0.15, 0.2) is 0 Å². The van der Waals surface area contributed by atoms with Crippen LogP contribution in [0.1, 0.15) is 37.1 Å². The van der Waals surface area contributed by atoms with Gasteiger partial charge in [-0.2, -0.15) is 17.9 Å². The molecule has 2 rings (SSSR count). The van der Waals surface area contributed by atoms with Crippen molar-refractivity contribution in [1.82, 2.24) is 9.44 Å². The van der Waals surface area contributed by atoms with Crippen molar-refractivity contribution in [1.29, 1.82) is 0 Å². The molecule has 0 spiro atoms. The molecule has 0 unspecified atom stereocenters. The van der Waals surface area contributed by atoms with Crippen molar-refractivity contribution in [2.75, 3.05) is 0 Å². The summed E-state index contributed by atoms with van der Waals surface area (Å²) in [5.74, 6) is 0. The zero-order valence-electron chi connectivity index (χ0n) is 12.2. The molecule has 0 saturated heterocycles. The summed E-state index contributed by atoms with van der Waals surface area (Å²) in [7, 11) is -3.58. The summed E-state index contributed by atoms with van der Waals surface area (Å²) in [5.41, 5.74) is 1.85. The second kappa shape index (κ2) is 6.85. The molecule has 0 bridgehead atoms. The molecule has 0 saturated carbocycles. The fraction of sp³-hybridized carbons (Fsp3) is 0.250. The zero-order valence-corrected chi connectivity index (χ0v) is 13.0. The van der Waals surface area contributed by atoms with E-state index in [1.807, 2.05) is 74.5 Å². The third-order valence-electron chi connectivity index (χ3n) is 3.26. The predicted molar refractivity (Wildman–Crippen MR) is 84.9 cm³/mol. The molecule has 112 valence electrons. The molecule has 0 amide bonds. The Morgan fingerprint density at radius 2 is 1.05 bits per heavy atom. The Kier molecular flexibility index (Phi) is 5.12. The van der Waals surface area contributed by atoms with Gasteiger partial charge in [0.2, 0.25) is 0 Å². The third kappa shape index (κ3) is 4.67. The van der Waals surface area contributed by atoms with E-state index in [1.54, 1.807) is 0 Å². The first kappa shape index (κ1) is 15.7. The normalized spacial score (nSPS) is 14.6. The molecule has 2 aromatic rings. The lowest BCUT2D eigenvalue weighted by molar-refractivity contribution is 0.539. The highest BCUT2D eigenvalue weighted by Gasteiger charge is 2.18. The predicted octanol–water partition coefficient (Wildman–Crippen LogP) is 2.93. The lowest BCUT2D eigenvalue weighted by Gasteiger charge is -2.18. The minimum absolute atomic E-state index is 0.285. The molecule has 21 heavy (non-hydrogen) atoms. The first-order valence-electron chi connectivity index (χ1n) is 6.87. The van der Waals surface area contributed by atoms with Crippen LogP contribution in [0.25, 0.3) is 0 Å². The van der Waals surface area contributed by atoms with Crippen molar-refractivity contribution in [2.45, 2.75) is 25.9 Å². The molecular formula is C16H20N2O2S. The monoisotopic (exact) mass is 304 g/mol. The lowest BCUT2D eigenvalue weighted by atomic mass is 10.1. The van der Waals surface area contributed by atoms with Crippen LogP contribution in [0.15, 0.2) is 60.7 Å². The van der Waals surface area contributed by atoms with Crippen LogP contribution in [0.5, 0.6) is 0 Å². The Bertz CT molecular complexity index is 604. The summed E-state index contributed by atoms with van der Waals surface area (Å²) >= 11 is 0. The molecule has 0 aromatic heterocycles. The van der Waals surface area contributed by atoms with Gasteiger partial charge in [-0.1, -0.05) is 60.7 Å². The van der Waals surface area contributed by atoms with E-state index in [2.05, 4.69) is 9.44 Å². The highest BCUT2D eigenvalue weighted by atomic mass is 32.2. The Hall–Kier alpha value is -1.69. The van der Waals surface area contributed by atoms with Crippen LogP contribution in [0.3, 0.4) is 0 Å². The maximum Gasteiger partial charge on any atom is 0.278 e. The second-order valence-electron chi connectivity index (χ2n) is 5.00. The van der Waals surface area contributed by atoms with Gasteiger partial charge in [0.1, 0.15) is 0 Å². The maximum absolute atomic E-state index is 12.2. The maximum atomic E-state index is 12.2. The Morgan fingerprint density at radius 3 is 1.38 bits per heavy atom. The quantitative estimate of drug-likeness (QED) is 0.862. The largest absolute Gasteiger partial charge is 0.278 e. The molecule has 0 radical (unpaired) electrons. The summed E-state index contributed by atoms with van der Waals surface area (Å²) < 4.78 is 29.6. The highest BCUT2D eigenvalue weighted by molar-refractivity contribution is 7.87. The Labute approximate surface area is 126 Å². The minimum atomic E-state index is -3.58. The van der Waals surface area contributed by atoms with Crippen LogP contribution in [0.4, 0.5) is 0 Å². The number of hydrogen-bond acceptors (Lipinski definition) is 2. The molecule has 2 N–H and O–H groups in total. The SMILES string of the molecule is C[C@@H](NS(=O)(=O)N[C@H](C)c1ccccc1)c1ccccc1. The van der Waals surface area contributed by atoms with Gasteiger partial charge in [-0.25, -0.2) is 0 Å². The Balaban J connectivity index is 2.02. The number of nitrogens with one attached hydrogen (secondary N) is 2. The van der Waals surface area contributed by atoms with Crippen LogP contribution in [-0.4, -0.2) is 8.42 Å². The van der Waals surface area contributed by atoms with E-state index in [4.69, 9.17) is 0 Å². The van der Waals surface area contributed by atoms with Crippen LogP contribution in [0.2, 0.25) is 0 Å². The third-order valence-corrected chi connectivity index (χ3v) is 4.59.